The molecule has 0 fully saturated rings. The third kappa shape index (κ3) is 103. The molecule has 0 aliphatic rings. The molecular formula is CHOV9-. The average molecular weight is 488 g/mol. The zero-order chi connectivity index (χ0) is 2.00. The number of hydrogen-bond acceptors (Lipinski definition) is 1. The summed E-state index contributed by atoms with van der Waals surface area (Å²) in [6.45, 7) is 3.25. The second kappa shape index (κ2) is 119. The van der Waals surface area contributed by atoms with Crippen molar-refractivity contribution >= 4 is 6.79 Å². The Bertz CT molecular complexity index is 9.52. The molecule has 0 unspecified atom stereocenters. The maximum atomic E-state index is 7.75. The van der Waals surface area contributed by atoms with Crippen LogP contribution in [-0.2, 0) is 172 Å². The van der Waals surface area contributed by atoms with Gasteiger partial charge in [-0.1, -0.05) is 0 Å². The first-order valence-electron chi connectivity index (χ1n) is 0.236. The SMILES string of the molecule is [CH-]=O.[V].[V].[V].[V].[V].[V].[V].[V].[V]. The van der Waals surface area contributed by atoms with Crippen molar-refractivity contribution < 1.29 is 172 Å². The van der Waals surface area contributed by atoms with Gasteiger partial charge in [-0.25, -0.2) is 0 Å². The van der Waals surface area contributed by atoms with Gasteiger partial charge in [-0.05, 0) is 0 Å². The van der Waals surface area contributed by atoms with Gasteiger partial charge in [0.1, 0.15) is 0 Å². The van der Waals surface area contributed by atoms with Crippen molar-refractivity contribution in [3.8, 4) is 0 Å². The van der Waals surface area contributed by atoms with Gasteiger partial charge in [0.25, 0.3) is 0 Å². The van der Waals surface area contributed by atoms with E-state index in [4.69, 9.17) is 4.79 Å². The van der Waals surface area contributed by atoms with Gasteiger partial charge in [0.05, 0.1) is 0 Å². The molecule has 0 aliphatic heterocycles. The fraction of sp³-hybridized carbons (Fsp3) is 0. The second-order valence-electron chi connectivity index (χ2n) is 0. The smallest absolute Gasteiger partial charge is 0 e. The number of hydrogen-bond donors (Lipinski definition) is 0. The Labute approximate surface area is 175 Å². The summed E-state index contributed by atoms with van der Waals surface area (Å²) in [6.07, 6.45) is 0. The molecule has 9 radical (unpaired) electrons. The summed E-state index contributed by atoms with van der Waals surface area (Å²) in [4.78, 5) is 7.75. The molecule has 0 aromatic heterocycles. The molecule has 0 bridgehead atoms. The van der Waals surface area contributed by atoms with E-state index in [0.717, 1.165) is 0 Å². The average Bonchev–Trinajstić information content (AvgIpc) is 1.00. The topological polar surface area (TPSA) is 17.1 Å². The van der Waals surface area contributed by atoms with Crippen molar-refractivity contribution in [2.45, 2.75) is 0 Å². The van der Waals surface area contributed by atoms with Crippen molar-refractivity contribution in [3.63, 3.8) is 0 Å². The fourth-order valence-corrected chi connectivity index (χ4v) is 0. The van der Waals surface area contributed by atoms with E-state index in [2.05, 4.69) is 6.79 Å². The molecule has 0 atom stereocenters. The van der Waals surface area contributed by atoms with Gasteiger partial charge in [-0.3, -0.25) is 6.79 Å². The van der Waals surface area contributed by atoms with Crippen LogP contribution in [0.3, 0.4) is 0 Å². The Morgan fingerprint density at radius 1 is 0.364 bits per heavy atom. The van der Waals surface area contributed by atoms with Gasteiger partial charge in [0, 0.05) is 167 Å². The Hall–Kier alpha value is 4.93. The standard InChI is InChI=1S/CHO.9V/c1-2;;;;;;;;;/h1H;;;;;;;;;/q-1;;;;;;;;;. The van der Waals surface area contributed by atoms with Crippen molar-refractivity contribution in [3.05, 3.63) is 0 Å². The minimum Gasteiger partial charge on any atom is -0.545 e. The van der Waals surface area contributed by atoms with Crippen LogP contribution in [0, 0.1) is 0 Å². The quantitative estimate of drug-likeness (QED) is 0.339. The largest absolute Gasteiger partial charge is 0.545 e. The summed E-state index contributed by atoms with van der Waals surface area (Å²) in [6, 6.07) is 0. The Kier molecular flexibility index (Phi) is 1090. The predicted octanol–water partition coefficient (Wildman–Crippen LogP) is -0.297. The minimum atomic E-state index is 0. The van der Waals surface area contributed by atoms with Gasteiger partial charge in [0.15, 0.2) is 0 Å². The first kappa shape index (κ1) is 101. The second-order valence-corrected chi connectivity index (χ2v) is 0. The monoisotopic (exact) mass is 487 g/mol. The molecule has 0 spiro atoms. The molecule has 11 heavy (non-hydrogen) atoms. The van der Waals surface area contributed by atoms with E-state index in [1.54, 1.807) is 0 Å². The maximum absolute atomic E-state index is 7.75. The molecular weight excluding hydrogens is 487 g/mol. The molecule has 0 aromatic rings. The van der Waals surface area contributed by atoms with E-state index in [1.807, 2.05) is 0 Å². The van der Waals surface area contributed by atoms with Crippen LogP contribution < -0.4 is 0 Å². The van der Waals surface area contributed by atoms with Crippen LogP contribution in [0.15, 0.2) is 0 Å². The third-order valence-electron chi connectivity index (χ3n) is 0. The molecule has 0 saturated heterocycles. The zero-order valence-electron chi connectivity index (χ0n) is 5.01. The summed E-state index contributed by atoms with van der Waals surface area (Å²) >= 11 is 0. The minimum absolute atomic E-state index is 0. The van der Waals surface area contributed by atoms with Crippen molar-refractivity contribution in [1.82, 2.24) is 0 Å². The molecule has 0 N–H and O–H groups in total. The first-order chi connectivity index (χ1) is 1.00. The summed E-state index contributed by atoms with van der Waals surface area (Å²) in [5.74, 6) is 0. The summed E-state index contributed by atoms with van der Waals surface area (Å²) in [7, 11) is 0. The molecule has 0 aliphatic carbocycles. The molecule has 57 valence electrons. The predicted molar refractivity (Wildman–Crippen MR) is 6.75 cm³/mol. The Morgan fingerprint density at radius 3 is 0.364 bits per heavy atom. The molecule has 0 aromatic carbocycles. The van der Waals surface area contributed by atoms with Crippen LogP contribution in [-0.4, -0.2) is 6.79 Å². The fourth-order valence-electron chi connectivity index (χ4n) is 0. The van der Waals surface area contributed by atoms with E-state index in [1.165, 1.54) is 0 Å². The van der Waals surface area contributed by atoms with E-state index >= 15 is 0 Å². The van der Waals surface area contributed by atoms with Gasteiger partial charge in [0.2, 0.25) is 0 Å². The van der Waals surface area contributed by atoms with Crippen LogP contribution in [0.25, 0.3) is 0 Å². The summed E-state index contributed by atoms with van der Waals surface area (Å²) in [5, 5.41) is 0. The number of rotatable bonds is 0. The van der Waals surface area contributed by atoms with Crippen molar-refractivity contribution in [1.29, 1.82) is 0 Å². The van der Waals surface area contributed by atoms with Gasteiger partial charge in [-0.15, -0.1) is 0 Å². The molecule has 0 rings (SSSR count). The van der Waals surface area contributed by atoms with Crippen LogP contribution in [0.1, 0.15) is 0 Å². The first-order valence-corrected chi connectivity index (χ1v) is 0.236. The summed E-state index contributed by atoms with van der Waals surface area (Å²) < 4.78 is 0. The van der Waals surface area contributed by atoms with E-state index in [0.29, 0.717) is 0 Å². The van der Waals surface area contributed by atoms with Crippen molar-refractivity contribution in [2.75, 3.05) is 0 Å². The molecule has 0 amide bonds. The Morgan fingerprint density at radius 2 is 0.364 bits per heavy atom. The molecule has 1 nitrogen and oxygen atoms in total. The normalized spacial score (nSPS) is 0.364. The maximum Gasteiger partial charge on any atom is 0 e. The van der Waals surface area contributed by atoms with Crippen molar-refractivity contribution in [2.24, 2.45) is 0 Å². The van der Waals surface area contributed by atoms with Gasteiger partial charge >= 0.3 is 0 Å². The molecule has 10 heteroatoms. The third-order valence-corrected chi connectivity index (χ3v) is 0. The van der Waals surface area contributed by atoms with Crippen LogP contribution in [0.4, 0.5) is 0 Å². The molecule has 0 heterocycles. The zero-order valence-corrected chi connectivity index (χ0v) is 17.6. The van der Waals surface area contributed by atoms with Crippen LogP contribution in [0.5, 0.6) is 0 Å². The summed E-state index contributed by atoms with van der Waals surface area (Å²) in [5.41, 5.74) is 0. The van der Waals surface area contributed by atoms with Crippen LogP contribution >= 0.6 is 0 Å². The van der Waals surface area contributed by atoms with Crippen LogP contribution in [0.2, 0.25) is 0 Å². The van der Waals surface area contributed by atoms with Gasteiger partial charge < -0.3 is 4.79 Å². The van der Waals surface area contributed by atoms with E-state index < -0.39 is 0 Å². The molecule has 0 saturated carbocycles. The van der Waals surface area contributed by atoms with Gasteiger partial charge in [-0.2, -0.15) is 0 Å². The Balaban J connectivity index is -0.000000000139. The van der Waals surface area contributed by atoms with E-state index in [-0.39, 0.29) is 167 Å². The van der Waals surface area contributed by atoms with E-state index in [9.17, 15) is 0 Å². The number of carbonyl (C=O) groups excluding carboxylic acids is 1.